The highest BCUT2D eigenvalue weighted by Crippen LogP contribution is 2.27. The second kappa shape index (κ2) is 8.37. The number of hydrogen-bond acceptors (Lipinski definition) is 4. The van der Waals surface area contributed by atoms with Gasteiger partial charge in [-0.05, 0) is 43.0 Å². The smallest absolute Gasteiger partial charge is 0.119 e. The Hall–Kier alpha value is -1.10. The fourth-order valence-electron chi connectivity index (χ4n) is 2.64. The minimum atomic E-state index is -0.445. The van der Waals surface area contributed by atoms with E-state index in [1.165, 1.54) is 19.3 Å². The van der Waals surface area contributed by atoms with Crippen molar-refractivity contribution in [1.29, 1.82) is 0 Å². The molecule has 1 aliphatic rings. The van der Waals surface area contributed by atoms with Crippen molar-refractivity contribution in [2.45, 2.75) is 38.8 Å². The normalized spacial score (nSPS) is 16.8. The van der Waals surface area contributed by atoms with Crippen LogP contribution < -0.4 is 10.5 Å². The summed E-state index contributed by atoms with van der Waals surface area (Å²) in [5.41, 5.74) is 6.65. The van der Waals surface area contributed by atoms with Crippen molar-refractivity contribution >= 4 is 0 Å². The van der Waals surface area contributed by atoms with E-state index < -0.39 is 6.10 Å². The Labute approximate surface area is 127 Å². The van der Waals surface area contributed by atoms with E-state index in [1.54, 1.807) is 0 Å². The number of likely N-dealkylation sites (N-methyl/N-ethyl adjacent to an activating group) is 1. The second-order valence-electron chi connectivity index (χ2n) is 5.96. The third-order valence-electron chi connectivity index (χ3n) is 4.26. The Bertz CT molecular complexity index is 404. The van der Waals surface area contributed by atoms with E-state index in [-0.39, 0.29) is 0 Å². The molecule has 21 heavy (non-hydrogen) atoms. The second-order valence-corrected chi connectivity index (χ2v) is 5.96. The van der Waals surface area contributed by atoms with E-state index in [0.717, 1.165) is 30.3 Å². The molecule has 0 saturated heterocycles. The van der Waals surface area contributed by atoms with Crippen LogP contribution >= 0.6 is 0 Å². The van der Waals surface area contributed by atoms with Gasteiger partial charge in [0.25, 0.3) is 0 Å². The minimum Gasteiger partial charge on any atom is -0.491 e. The summed E-state index contributed by atoms with van der Waals surface area (Å²) < 4.78 is 5.64. The third kappa shape index (κ3) is 5.30. The van der Waals surface area contributed by atoms with E-state index in [1.807, 2.05) is 24.3 Å². The average molecular weight is 292 g/mol. The van der Waals surface area contributed by atoms with Crippen molar-refractivity contribution in [2.75, 3.05) is 26.2 Å². The maximum Gasteiger partial charge on any atom is 0.119 e. The van der Waals surface area contributed by atoms with Gasteiger partial charge in [0.05, 0.1) is 0 Å². The molecule has 0 radical (unpaired) electrons. The van der Waals surface area contributed by atoms with E-state index in [9.17, 15) is 5.11 Å². The molecule has 2 rings (SSSR count). The molecular weight excluding hydrogens is 264 g/mol. The van der Waals surface area contributed by atoms with Crippen LogP contribution in [0.4, 0.5) is 0 Å². The molecule has 0 heterocycles. The number of aliphatic hydroxyl groups is 1. The van der Waals surface area contributed by atoms with Gasteiger partial charge in [0.1, 0.15) is 18.5 Å². The molecule has 0 spiro atoms. The van der Waals surface area contributed by atoms with E-state index >= 15 is 0 Å². The summed E-state index contributed by atoms with van der Waals surface area (Å²) in [6, 6.07) is 7.72. The summed E-state index contributed by atoms with van der Waals surface area (Å²) in [4.78, 5) is 2.33. The Balaban J connectivity index is 1.70. The van der Waals surface area contributed by atoms with Gasteiger partial charge in [-0.15, -0.1) is 0 Å². The lowest BCUT2D eigenvalue weighted by Gasteiger charge is -2.32. The molecular formula is C17H28N2O2. The highest BCUT2D eigenvalue weighted by Gasteiger charge is 2.21. The Morgan fingerprint density at radius 1 is 1.33 bits per heavy atom. The van der Waals surface area contributed by atoms with Gasteiger partial charge in [-0.1, -0.05) is 25.5 Å². The Morgan fingerprint density at radius 2 is 2.05 bits per heavy atom. The van der Waals surface area contributed by atoms with E-state index in [0.29, 0.717) is 19.7 Å². The molecule has 4 heteroatoms. The molecule has 4 nitrogen and oxygen atoms in total. The first-order valence-corrected chi connectivity index (χ1v) is 8.03. The van der Waals surface area contributed by atoms with Crippen LogP contribution in [0.1, 0.15) is 31.7 Å². The van der Waals surface area contributed by atoms with Gasteiger partial charge < -0.3 is 20.5 Å². The first kappa shape index (κ1) is 16.3. The summed E-state index contributed by atoms with van der Waals surface area (Å²) in [7, 11) is 0. The molecule has 3 N–H and O–H groups in total. The minimum absolute atomic E-state index is 0.336. The van der Waals surface area contributed by atoms with Crippen molar-refractivity contribution in [3.8, 4) is 5.75 Å². The first-order chi connectivity index (χ1) is 10.2. The largest absolute Gasteiger partial charge is 0.491 e. The van der Waals surface area contributed by atoms with Crippen molar-refractivity contribution in [2.24, 2.45) is 11.7 Å². The number of ether oxygens (including phenoxy) is 1. The number of nitrogens with zero attached hydrogens (tertiary/aromatic N) is 1. The SMILES string of the molecule is CCN(CC(O)COc1ccc(CN)cc1)CC1CCC1. The van der Waals surface area contributed by atoms with Crippen LogP contribution in [0.25, 0.3) is 0 Å². The molecule has 0 aromatic heterocycles. The van der Waals surface area contributed by atoms with Crippen molar-refractivity contribution < 1.29 is 9.84 Å². The van der Waals surface area contributed by atoms with Crippen molar-refractivity contribution in [3.63, 3.8) is 0 Å². The highest BCUT2D eigenvalue weighted by atomic mass is 16.5. The lowest BCUT2D eigenvalue weighted by Crippen LogP contribution is -2.39. The Kier molecular flexibility index (Phi) is 6.49. The molecule has 1 fully saturated rings. The molecule has 0 bridgehead atoms. The standard InChI is InChI=1S/C17H28N2O2/c1-2-19(11-15-4-3-5-15)12-16(20)13-21-17-8-6-14(10-18)7-9-17/h6-9,15-16,20H,2-5,10-13,18H2,1H3. The highest BCUT2D eigenvalue weighted by molar-refractivity contribution is 5.27. The molecule has 1 aromatic carbocycles. The summed E-state index contributed by atoms with van der Waals surface area (Å²) >= 11 is 0. The molecule has 1 aliphatic carbocycles. The van der Waals surface area contributed by atoms with Crippen LogP contribution in [-0.4, -0.2) is 42.4 Å². The van der Waals surface area contributed by atoms with Gasteiger partial charge in [0.2, 0.25) is 0 Å². The van der Waals surface area contributed by atoms with Crippen LogP contribution in [0, 0.1) is 5.92 Å². The van der Waals surface area contributed by atoms with Crippen molar-refractivity contribution in [3.05, 3.63) is 29.8 Å². The predicted molar refractivity (Wildman–Crippen MR) is 85.3 cm³/mol. The summed E-state index contributed by atoms with van der Waals surface area (Å²) in [5.74, 6) is 1.62. The van der Waals surface area contributed by atoms with Crippen LogP contribution in [0.5, 0.6) is 5.75 Å². The Morgan fingerprint density at radius 3 is 2.57 bits per heavy atom. The number of rotatable bonds is 9. The fraction of sp³-hybridized carbons (Fsp3) is 0.647. The number of nitrogens with two attached hydrogens (primary N) is 1. The summed E-state index contributed by atoms with van der Waals surface area (Å²) in [6.45, 7) is 5.81. The zero-order valence-corrected chi connectivity index (χ0v) is 13.0. The zero-order valence-electron chi connectivity index (χ0n) is 13.0. The lowest BCUT2D eigenvalue weighted by molar-refractivity contribution is 0.0585. The van der Waals surface area contributed by atoms with Crippen molar-refractivity contribution in [1.82, 2.24) is 4.90 Å². The summed E-state index contributed by atoms with van der Waals surface area (Å²) in [5, 5.41) is 10.1. The topological polar surface area (TPSA) is 58.7 Å². The number of benzene rings is 1. The van der Waals surface area contributed by atoms with Crippen LogP contribution in [0.3, 0.4) is 0 Å². The molecule has 0 amide bonds. The van der Waals surface area contributed by atoms with Gasteiger partial charge >= 0.3 is 0 Å². The number of hydrogen-bond donors (Lipinski definition) is 2. The van der Waals surface area contributed by atoms with Gasteiger partial charge in [-0.25, -0.2) is 0 Å². The van der Waals surface area contributed by atoms with Crippen LogP contribution in [0.15, 0.2) is 24.3 Å². The first-order valence-electron chi connectivity index (χ1n) is 8.03. The van der Waals surface area contributed by atoms with E-state index in [4.69, 9.17) is 10.5 Å². The molecule has 118 valence electrons. The van der Waals surface area contributed by atoms with Gasteiger partial charge in [0.15, 0.2) is 0 Å². The summed E-state index contributed by atoms with van der Waals surface area (Å²) in [6.07, 6.45) is 3.61. The fourth-order valence-corrected chi connectivity index (χ4v) is 2.64. The molecule has 0 aliphatic heterocycles. The quantitative estimate of drug-likeness (QED) is 0.731. The molecule has 1 atom stereocenters. The number of aliphatic hydroxyl groups excluding tert-OH is 1. The molecule has 1 aromatic rings. The van der Waals surface area contributed by atoms with Crippen LogP contribution in [-0.2, 0) is 6.54 Å². The maximum atomic E-state index is 10.1. The van der Waals surface area contributed by atoms with E-state index in [2.05, 4.69) is 11.8 Å². The third-order valence-corrected chi connectivity index (χ3v) is 4.26. The monoisotopic (exact) mass is 292 g/mol. The van der Waals surface area contributed by atoms with Gasteiger partial charge in [0, 0.05) is 19.6 Å². The molecule has 1 saturated carbocycles. The molecule has 1 unspecified atom stereocenters. The predicted octanol–water partition coefficient (Wildman–Crippen LogP) is 2.01. The average Bonchev–Trinajstić information content (AvgIpc) is 2.48. The van der Waals surface area contributed by atoms with Gasteiger partial charge in [-0.2, -0.15) is 0 Å². The maximum absolute atomic E-state index is 10.1. The van der Waals surface area contributed by atoms with Gasteiger partial charge in [-0.3, -0.25) is 0 Å². The lowest BCUT2D eigenvalue weighted by atomic mass is 9.85. The van der Waals surface area contributed by atoms with Crippen LogP contribution in [0.2, 0.25) is 0 Å². The zero-order chi connectivity index (χ0) is 15.1.